The van der Waals surface area contributed by atoms with Gasteiger partial charge in [-0.25, -0.2) is 0 Å². The fourth-order valence-corrected chi connectivity index (χ4v) is 3.53. The lowest BCUT2D eigenvalue weighted by Crippen LogP contribution is -2.51. The van der Waals surface area contributed by atoms with E-state index >= 15 is 0 Å². The average molecular weight is 380 g/mol. The molecule has 2 aromatic carbocycles. The number of anilines is 1. The highest BCUT2D eigenvalue weighted by Gasteiger charge is 2.32. The van der Waals surface area contributed by atoms with Crippen LogP contribution in [0.5, 0.6) is 5.75 Å². The zero-order valence-corrected chi connectivity index (χ0v) is 16.8. The molecule has 0 aromatic heterocycles. The first-order chi connectivity index (χ1) is 13.5. The van der Waals surface area contributed by atoms with E-state index < -0.39 is 6.04 Å². The summed E-state index contributed by atoms with van der Waals surface area (Å²) in [6.45, 7) is 7.13. The summed E-state index contributed by atoms with van der Waals surface area (Å²) in [5, 5.41) is 2.95. The first kappa shape index (κ1) is 19.9. The minimum atomic E-state index is -0.540. The van der Waals surface area contributed by atoms with E-state index in [4.69, 9.17) is 4.74 Å². The molecular weight excluding hydrogens is 352 g/mol. The van der Waals surface area contributed by atoms with Crippen LogP contribution in [0.1, 0.15) is 31.9 Å². The molecule has 3 rings (SSSR count). The van der Waals surface area contributed by atoms with Gasteiger partial charge in [0.2, 0.25) is 11.8 Å². The summed E-state index contributed by atoms with van der Waals surface area (Å²) in [4.78, 5) is 27.5. The van der Waals surface area contributed by atoms with Crippen molar-refractivity contribution in [3.63, 3.8) is 0 Å². The molecule has 5 nitrogen and oxygen atoms in total. The van der Waals surface area contributed by atoms with Crippen LogP contribution in [0.4, 0.5) is 5.69 Å². The van der Waals surface area contributed by atoms with Crippen LogP contribution in [0.25, 0.3) is 0 Å². The lowest BCUT2D eigenvalue weighted by molar-refractivity contribution is -0.128. The van der Waals surface area contributed by atoms with Gasteiger partial charge in [0.25, 0.3) is 0 Å². The maximum Gasteiger partial charge on any atom is 0.249 e. The van der Waals surface area contributed by atoms with Crippen LogP contribution >= 0.6 is 0 Å². The van der Waals surface area contributed by atoms with Gasteiger partial charge in [-0.3, -0.25) is 9.59 Å². The summed E-state index contributed by atoms with van der Waals surface area (Å²) in [5.41, 5.74) is 3.03. The number of nitrogens with zero attached hydrogens (tertiary/aromatic N) is 1. The number of rotatable bonds is 7. The van der Waals surface area contributed by atoms with Crippen molar-refractivity contribution in [3.8, 4) is 5.75 Å². The number of carbonyl (C=O) groups excluding carboxylic acids is 2. The smallest absolute Gasteiger partial charge is 0.249 e. The highest BCUT2D eigenvalue weighted by molar-refractivity contribution is 6.01. The third kappa shape index (κ3) is 4.53. The number of hydrogen-bond donors (Lipinski definition) is 1. The molecule has 28 heavy (non-hydrogen) atoms. The van der Waals surface area contributed by atoms with Crippen molar-refractivity contribution < 1.29 is 14.3 Å². The number of hydrogen-bond acceptors (Lipinski definition) is 3. The van der Waals surface area contributed by atoms with Crippen LogP contribution in [0, 0.1) is 5.92 Å². The molecule has 1 heterocycles. The van der Waals surface area contributed by atoms with E-state index in [1.54, 1.807) is 4.90 Å². The van der Waals surface area contributed by atoms with Crippen molar-refractivity contribution in [1.82, 2.24) is 5.32 Å². The van der Waals surface area contributed by atoms with Crippen molar-refractivity contribution in [2.24, 2.45) is 5.92 Å². The number of para-hydroxylation sites is 1. The summed E-state index contributed by atoms with van der Waals surface area (Å²) >= 11 is 0. The fourth-order valence-electron chi connectivity index (χ4n) is 3.53. The number of nitrogens with one attached hydrogen (secondary N) is 1. The summed E-state index contributed by atoms with van der Waals surface area (Å²) in [5.74, 6) is 0.600. The van der Waals surface area contributed by atoms with Crippen molar-refractivity contribution in [2.45, 2.75) is 39.7 Å². The normalized spacial score (nSPS) is 13.9. The van der Waals surface area contributed by atoms with Crippen molar-refractivity contribution >= 4 is 17.5 Å². The summed E-state index contributed by atoms with van der Waals surface area (Å²) in [6, 6.07) is 14.9. The number of carbonyl (C=O) groups is 2. The highest BCUT2D eigenvalue weighted by Crippen LogP contribution is 2.28. The van der Waals surface area contributed by atoms with Crippen LogP contribution in [0.15, 0.2) is 48.5 Å². The molecule has 0 aliphatic carbocycles. The van der Waals surface area contributed by atoms with E-state index in [-0.39, 0.29) is 24.2 Å². The van der Waals surface area contributed by atoms with E-state index in [2.05, 4.69) is 11.4 Å². The van der Waals surface area contributed by atoms with E-state index in [9.17, 15) is 9.59 Å². The van der Waals surface area contributed by atoms with Gasteiger partial charge in [-0.1, -0.05) is 44.2 Å². The van der Waals surface area contributed by atoms with Crippen molar-refractivity contribution in [1.29, 1.82) is 0 Å². The first-order valence-corrected chi connectivity index (χ1v) is 9.90. The zero-order chi connectivity index (χ0) is 20.1. The molecule has 0 bridgehead atoms. The van der Waals surface area contributed by atoms with Gasteiger partial charge in [-0.15, -0.1) is 0 Å². The van der Waals surface area contributed by atoms with Crippen LogP contribution in [-0.2, 0) is 22.4 Å². The van der Waals surface area contributed by atoms with Crippen molar-refractivity contribution in [2.75, 3.05) is 18.1 Å². The van der Waals surface area contributed by atoms with Gasteiger partial charge in [-0.2, -0.15) is 0 Å². The topological polar surface area (TPSA) is 58.6 Å². The van der Waals surface area contributed by atoms with Gasteiger partial charge in [-0.05, 0) is 48.6 Å². The number of ether oxygens (including phenoxy) is 1. The fraction of sp³-hybridized carbons (Fsp3) is 0.391. The Morgan fingerprint density at radius 2 is 1.82 bits per heavy atom. The molecule has 0 saturated heterocycles. The Kier molecular flexibility index (Phi) is 6.34. The molecule has 5 heteroatoms. The highest BCUT2D eigenvalue weighted by atomic mass is 16.5. The Morgan fingerprint density at radius 3 is 2.50 bits per heavy atom. The summed E-state index contributed by atoms with van der Waals surface area (Å²) in [7, 11) is 0. The molecule has 0 spiro atoms. The monoisotopic (exact) mass is 380 g/mol. The molecule has 0 saturated carbocycles. The number of amides is 2. The van der Waals surface area contributed by atoms with Crippen LogP contribution in [-0.4, -0.2) is 31.0 Å². The van der Waals surface area contributed by atoms with Crippen molar-refractivity contribution in [3.05, 3.63) is 59.7 Å². The molecule has 2 aromatic rings. The minimum absolute atomic E-state index is 0.00421. The second-order valence-electron chi connectivity index (χ2n) is 7.41. The van der Waals surface area contributed by atoms with E-state index in [0.717, 1.165) is 23.4 Å². The number of benzene rings is 2. The van der Waals surface area contributed by atoms with Gasteiger partial charge in [0, 0.05) is 12.2 Å². The van der Waals surface area contributed by atoms with Crippen LogP contribution in [0.3, 0.4) is 0 Å². The van der Waals surface area contributed by atoms with Gasteiger partial charge in [0.1, 0.15) is 11.8 Å². The average Bonchev–Trinajstić information content (AvgIpc) is 3.11. The van der Waals surface area contributed by atoms with Gasteiger partial charge in [0.15, 0.2) is 0 Å². The molecule has 0 radical (unpaired) electrons. The Hall–Kier alpha value is -2.82. The van der Waals surface area contributed by atoms with E-state index in [1.165, 1.54) is 5.56 Å². The Morgan fingerprint density at radius 1 is 1.11 bits per heavy atom. The SMILES string of the molecule is CCOc1ccc(CC(=O)N[C@@H](C(=O)N2CCc3ccccc32)C(C)C)cc1. The third-order valence-electron chi connectivity index (χ3n) is 5.00. The predicted molar refractivity (Wildman–Crippen MR) is 111 cm³/mol. The second-order valence-corrected chi connectivity index (χ2v) is 7.41. The van der Waals surface area contributed by atoms with Crippen LogP contribution < -0.4 is 15.0 Å². The van der Waals surface area contributed by atoms with Crippen LogP contribution in [0.2, 0.25) is 0 Å². The summed E-state index contributed by atoms with van der Waals surface area (Å²) in [6.07, 6.45) is 1.09. The van der Waals surface area contributed by atoms with Gasteiger partial charge >= 0.3 is 0 Å². The van der Waals surface area contributed by atoms with E-state index in [0.29, 0.717) is 13.2 Å². The van der Waals surface area contributed by atoms with Gasteiger partial charge < -0.3 is 15.0 Å². The summed E-state index contributed by atoms with van der Waals surface area (Å²) < 4.78 is 5.43. The first-order valence-electron chi connectivity index (χ1n) is 9.90. The maximum absolute atomic E-state index is 13.1. The molecule has 1 N–H and O–H groups in total. The maximum atomic E-state index is 13.1. The molecule has 0 unspecified atom stereocenters. The quantitative estimate of drug-likeness (QED) is 0.801. The molecule has 148 valence electrons. The lowest BCUT2D eigenvalue weighted by Gasteiger charge is -2.27. The molecule has 1 aliphatic heterocycles. The van der Waals surface area contributed by atoms with Gasteiger partial charge in [0.05, 0.1) is 13.0 Å². The predicted octanol–water partition coefficient (Wildman–Crippen LogP) is 3.36. The lowest BCUT2D eigenvalue weighted by atomic mass is 10.0. The molecule has 1 atom stereocenters. The largest absolute Gasteiger partial charge is 0.494 e. The zero-order valence-electron chi connectivity index (χ0n) is 16.8. The second kappa shape index (κ2) is 8.91. The standard InChI is InChI=1S/C23H28N2O3/c1-4-28-19-11-9-17(10-12-19)15-21(26)24-22(16(2)3)23(27)25-14-13-18-7-5-6-8-20(18)25/h5-12,16,22H,4,13-15H2,1-3H3,(H,24,26)/t22-/m1/s1. The Bertz CT molecular complexity index is 830. The Balaban J connectivity index is 1.66. The molecule has 2 amide bonds. The molecule has 0 fully saturated rings. The third-order valence-corrected chi connectivity index (χ3v) is 5.00. The Labute approximate surface area is 166 Å². The molecular formula is C23H28N2O3. The van der Waals surface area contributed by atoms with E-state index in [1.807, 2.05) is 63.2 Å². The minimum Gasteiger partial charge on any atom is -0.494 e. The number of fused-ring (bicyclic) bond motifs is 1. The molecule has 1 aliphatic rings.